The van der Waals surface area contributed by atoms with Gasteiger partial charge in [-0.25, -0.2) is 0 Å². The molecule has 6 heteroatoms. The quantitative estimate of drug-likeness (QED) is 0.472. The highest BCUT2D eigenvalue weighted by atomic mass is 16.7. The van der Waals surface area contributed by atoms with Crippen LogP contribution in [-0.2, 0) is 9.47 Å². The van der Waals surface area contributed by atoms with Gasteiger partial charge in [0.2, 0.25) is 0 Å². The van der Waals surface area contributed by atoms with E-state index < -0.39 is 37.3 Å². The van der Waals surface area contributed by atoms with Crippen molar-refractivity contribution < 1.29 is 29.9 Å². The first-order chi connectivity index (χ1) is 7.47. The van der Waals surface area contributed by atoms with Crippen molar-refractivity contribution in [2.75, 3.05) is 13.2 Å². The summed E-state index contributed by atoms with van der Waals surface area (Å²) in [6, 6.07) is 0. The van der Waals surface area contributed by atoms with Crippen LogP contribution in [0.5, 0.6) is 0 Å². The molecule has 0 aliphatic carbocycles. The van der Waals surface area contributed by atoms with Crippen LogP contribution in [0.25, 0.3) is 0 Å². The molecule has 0 radical (unpaired) electrons. The highest BCUT2D eigenvalue weighted by molar-refractivity contribution is 4.88. The zero-order valence-corrected chi connectivity index (χ0v) is 9.48. The number of ether oxygens (including phenoxy) is 2. The lowest BCUT2D eigenvalue weighted by Crippen LogP contribution is -2.59. The number of hydrogen-bond acceptors (Lipinski definition) is 6. The van der Waals surface area contributed by atoms with Gasteiger partial charge in [-0.2, -0.15) is 0 Å². The van der Waals surface area contributed by atoms with E-state index in [0.29, 0.717) is 6.61 Å². The maximum atomic E-state index is 9.59. The van der Waals surface area contributed by atoms with Crippen molar-refractivity contribution in [3.05, 3.63) is 0 Å². The first-order valence-corrected chi connectivity index (χ1v) is 5.39. The summed E-state index contributed by atoms with van der Waals surface area (Å²) in [7, 11) is 0. The van der Waals surface area contributed by atoms with Crippen LogP contribution < -0.4 is 0 Å². The summed E-state index contributed by atoms with van der Waals surface area (Å²) in [4.78, 5) is 0. The molecule has 1 rings (SSSR count). The lowest BCUT2D eigenvalue weighted by molar-refractivity contribution is -0.302. The summed E-state index contributed by atoms with van der Waals surface area (Å²) >= 11 is 0. The monoisotopic (exact) mass is 236 g/mol. The molecule has 0 bridgehead atoms. The Balaban J connectivity index is 2.56. The average Bonchev–Trinajstić information content (AvgIpc) is 2.25. The van der Waals surface area contributed by atoms with Crippen molar-refractivity contribution in [1.82, 2.24) is 0 Å². The van der Waals surface area contributed by atoms with Crippen molar-refractivity contribution >= 4 is 0 Å². The van der Waals surface area contributed by atoms with E-state index in [1.54, 1.807) is 0 Å². The molecule has 0 aromatic heterocycles. The highest BCUT2D eigenvalue weighted by Gasteiger charge is 2.43. The summed E-state index contributed by atoms with van der Waals surface area (Å²) in [5.41, 5.74) is 0. The standard InChI is InChI=1S/C10H20O6/c1-5(2)4-15-10-9(14)8(13)7(12)6(3-11)16-10/h5-14H,3-4H2,1-2H3/t6-,7-,8+,9-,10-/m1/s1. The third kappa shape index (κ3) is 3.13. The Hall–Kier alpha value is -0.240. The molecule has 96 valence electrons. The van der Waals surface area contributed by atoms with Gasteiger partial charge in [0.15, 0.2) is 6.29 Å². The number of rotatable bonds is 4. The van der Waals surface area contributed by atoms with E-state index >= 15 is 0 Å². The predicted molar refractivity (Wildman–Crippen MR) is 54.6 cm³/mol. The molecule has 0 unspecified atom stereocenters. The molecule has 1 aliphatic rings. The van der Waals surface area contributed by atoms with Gasteiger partial charge in [0, 0.05) is 0 Å². The summed E-state index contributed by atoms with van der Waals surface area (Å²) < 4.78 is 10.4. The van der Waals surface area contributed by atoms with Crippen molar-refractivity contribution in [1.29, 1.82) is 0 Å². The van der Waals surface area contributed by atoms with Crippen LogP contribution in [0, 0.1) is 5.92 Å². The SMILES string of the molecule is CC(C)CO[C@@H]1O[C@H](CO)[C@@H](O)[C@H](O)[C@H]1O. The Morgan fingerprint density at radius 3 is 2.25 bits per heavy atom. The summed E-state index contributed by atoms with van der Waals surface area (Å²) in [6.45, 7) is 3.79. The van der Waals surface area contributed by atoms with Gasteiger partial charge in [-0.05, 0) is 5.92 Å². The Kier molecular flexibility index (Phi) is 5.10. The molecule has 6 nitrogen and oxygen atoms in total. The molecule has 1 fully saturated rings. The molecular weight excluding hydrogens is 216 g/mol. The van der Waals surface area contributed by atoms with Crippen LogP contribution in [0.2, 0.25) is 0 Å². The number of hydrogen-bond donors (Lipinski definition) is 4. The maximum Gasteiger partial charge on any atom is 0.186 e. The van der Waals surface area contributed by atoms with E-state index in [9.17, 15) is 15.3 Å². The average molecular weight is 236 g/mol. The van der Waals surface area contributed by atoms with Gasteiger partial charge in [-0.15, -0.1) is 0 Å². The lowest BCUT2D eigenvalue weighted by atomic mass is 9.99. The molecule has 1 aliphatic heterocycles. The smallest absolute Gasteiger partial charge is 0.186 e. The molecule has 4 N–H and O–H groups in total. The number of aliphatic hydroxyl groups is 4. The Bertz CT molecular complexity index is 207. The Morgan fingerprint density at radius 1 is 1.12 bits per heavy atom. The fraction of sp³-hybridized carbons (Fsp3) is 1.00. The molecule has 0 saturated carbocycles. The van der Waals surface area contributed by atoms with Crippen LogP contribution in [0.1, 0.15) is 13.8 Å². The van der Waals surface area contributed by atoms with Crippen molar-refractivity contribution in [3.8, 4) is 0 Å². The third-order valence-electron chi connectivity index (χ3n) is 2.44. The molecule has 1 saturated heterocycles. The summed E-state index contributed by atoms with van der Waals surface area (Å²) in [5.74, 6) is 0.257. The lowest BCUT2D eigenvalue weighted by Gasteiger charge is -2.39. The van der Waals surface area contributed by atoms with E-state index in [-0.39, 0.29) is 5.92 Å². The van der Waals surface area contributed by atoms with Gasteiger partial charge in [0.25, 0.3) is 0 Å². The fourth-order valence-electron chi connectivity index (χ4n) is 1.49. The van der Waals surface area contributed by atoms with Gasteiger partial charge in [0.1, 0.15) is 24.4 Å². The molecule has 16 heavy (non-hydrogen) atoms. The van der Waals surface area contributed by atoms with Gasteiger partial charge < -0.3 is 29.9 Å². The maximum absolute atomic E-state index is 9.59. The molecule has 0 aromatic carbocycles. The first kappa shape index (κ1) is 13.8. The van der Waals surface area contributed by atoms with E-state index in [0.717, 1.165) is 0 Å². The van der Waals surface area contributed by atoms with Crippen LogP contribution in [0.15, 0.2) is 0 Å². The minimum Gasteiger partial charge on any atom is -0.394 e. The number of aliphatic hydroxyl groups excluding tert-OH is 4. The van der Waals surface area contributed by atoms with E-state index in [1.165, 1.54) is 0 Å². The molecule has 1 heterocycles. The van der Waals surface area contributed by atoms with Gasteiger partial charge in [-0.1, -0.05) is 13.8 Å². The topological polar surface area (TPSA) is 99.4 Å². The van der Waals surface area contributed by atoms with Crippen LogP contribution in [0.4, 0.5) is 0 Å². The van der Waals surface area contributed by atoms with Gasteiger partial charge in [0.05, 0.1) is 13.2 Å². The predicted octanol–water partition coefficient (Wildman–Crippen LogP) is -1.54. The van der Waals surface area contributed by atoms with E-state index in [1.807, 2.05) is 13.8 Å². The molecule has 0 aromatic rings. The van der Waals surface area contributed by atoms with Crippen LogP contribution in [0.3, 0.4) is 0 Å². The molecule has 0 amide bonds. The Morgan fingerprint density at radius 2 is 1.75 bits per heavy atom. The van der Waals surface area contributed by atoms with E-state index in [4.69, 9.17) is 14.6 Å². The largest absolute Gasteiger partial charge is 0.394 e. The second-order valence-electron chi connectivity index (χ2n) is 4.42. The van der Waals surface area contributed by atoms with Gasteiger partial charge >= 0.3 is 0 Å². The second-order valence-corrected chi connectivity index (χ2v) is 4.42. The zero-order chi connectivity index (χ0) is 12.3. The normalized spacial score (nSPS) is 40.3. The van der Waals surface area contributed by atoms with Crippen molar-refractivity contribution in [2.24, 2.45) is 5.92 Å². The minimum absolute atomic E-state index is 0.257. The molecule has 5 atom stereocenters. The molecular formula is C10H20O6. The van der Waals surface area contributed by atoms with E-state index in [2.05, 4.69) is 0 Å². The van der Waals surface area contributed by atoms with Crippen molar-refractivity contribution in [3.63, 3.8) is 0 Å². The Labute approximate surface area is 94.4 Å². The van der Waals surface area contributed by atoms with Crippen LogP contribution in [-0.4, -0.2) is 64.3 Å². The first-order valence-electron chi connectivity index (χ1n) is 5.39. The minimum atomic E-state index is -1.37. The summed E-state index contributed by atoms with van der Waals surface area (Å²) in [5, 5.41) is 37.5. The summed E-state index contributed by atoms with van der Waals surface area (Å²) in [6.07, 6.45) is -5.94. The van der Waals surface area contributed by atoms with Crippen molar-refractivity contribution in [2.45, 2.75) is 44.6 Å². The fourth-order valence-corrected chi connectivity index (χ4v) is 1.49. The highest BCUT2D eigenvalue weighted by Crippen LogP contribution is 2.22. The third-order valence-corrected chi connectivity index (χ3v) is 2.44. The van der Waals surface area contributed by atoms with Crippen LogP contribution >= 0.6 is 0 Å². The molecule has 0 spiro atoms. The second kappa shape index (κ2) is 5.90. The zero-order valence-electron chi connectivity index (χ0n) is 9.48. The van der Waals surface area contributed by atoms with Gasteiger partial charge in [-0.3, -0.25) is 0 Å².